The Bertz CT molecular complexity index is 1010. The van der Waals surface area contributed by atoms with E-state index in [-0.39, 0.29) is 12.5 Å². The number of carbonyl (C=O) groups excluding carboxylic acids is 1. The summed E-state index contributed by atoms with van der Waals surface area (Å²) < 4.78 is 11.8. The predicted octanol–water partition coefficient (Wildman–Crippen LogP) is 4.76. The van der Waals surface area contributed by atoms with Gasteiger partial charge in [-0.15, -0.1) is 5.10 Å². The Balaban J connectivity index is 1.53. The van der Waals surface area contributed by atoms with Crippen LogP contribution < -0.4 is 4.74 Å². The zero-order valence-electron chi connectivity index (χ0n) is 14.6. The number of fused-ring (bicyclic) bond motifs is 1. The summed E-state index contributed by atoms with van der Waals surface area (Å²) in [5.41, 5.74) is 0.790. The normalized spacial score (nSPS) is 16.1. The van der Waals surface area contributed by atoms with Crippen LogP contribution in [0.2, 0.25) is 5.02 Å². The lowest BCUT2D eigenvalue weighted by molar-refractivity contribution is -0.135. The molecule has 27 heavy (non-hydrogen) atoms. The van der Waals surface area contributed by atoms with Crippen molar-refractivity contribution in [2.24, 2.45) is 5.10 Å². The largest absolute Gasteiger partial charge is 0.483 e. The summed E-state index contributed by atoms with van der Waals surface area (Å²) >= 11 is 5.94. The second-order valence-electron chi connectivity index (χ2n) is 6.15. The van der Waals surface area contributed by atoms with E-state index in [0.717, 1.165) is 22.1 Å². The zero-order valence-corrected chi connectivity index (χ0v) is 15.4. The monoisotopic (exact) mass is 380 g/mol. The molecular formula is C21H17ClN2O3. The van der Waals surface area contributed by atoms with Gasteiger partial charge in [-0.25, -0.2) is 0 Å². The smallest absolute Gasteiger partial charge is 0.247 e. The van der Waals surface area contributed by atoms with Crippen LogP contribution in [-0.2, 0) is 9.53 Å². The highest BCUT2D eigenvalue weighted by atomic mass is 35.5. The van der Waals surface area contributed by atoms with Gasteiger partial charge in [-0.2, -0.15) is 5.01 Å². The first-order valence-electron chi connectivity index (χ1n) is 8.52. The Morgan fingerprint density at radius 1 is 1.11 bits per heavy atom. The van der Waals surface area contributed by atoms with E-state index in [4.69, 9.17) is 21.1 Å². The molecule has 0 fully saturated rings. The lowest BCUT2D eigenvalue weighted by Crippen LogP contribution is -2.25. The number of hydrazone groups is 1. The van der Waals surface area contributed by atoms with Gasteiger partial charge in [0.1, 0.15) is 5.75 Å². The van der Waals surface area contributed by atoms with Gasteiger partial charge in [0.15, 0.2) is 6.61 Å². The Morgan fingerprint density at radius 3 is 2.63 bits per heavy atom. The molecule has 1 atom stereocenters. The molecule has 0 aliphatic carbocycles. The molecule has 0 radical (unpaired) electrons. The maximum Gasteiger partial charge on any atom is 0.247 e. The Labute approximate surface area is 161 Å². The molecular weight excluding hydrogens is 364 g/mol. The molecule has 1 amide bonds. The molecule has 1 aliphatic rings. The number of hydrogen-bond donors (Lipinski definition) is 0. The third kappa shape index (κ3) is 3.59. The predicted molar refractivity (Wildman–Crippen MR) is 105 cm³/mol. The third-order valence-electron chi connectivity index (χ3n) is 4.27. The van der Waals surface area contributed by atoms with Crippen LogP contribution in [0.15, 0.2) is 71.8 Å². The summed E-state index contributed by atoms with van der Waals surface area (Å²) in [7, 11) is 0. The summed E-state index contributed by atoms with van der Waals surface area (Å²) in [5.74, 6) is 0.872. The van der Waals surface area contributed by atoms with E-state index in [1.165, 1.54) is 11.9 Å². The first kappa shape index (κ1) is 17.4. The Morgan fingerprint density at radius 2 is 1.85 bits per heavy atom. The van der Waals surface area contributed by atoms with E-state index in [9.17, 15) is 4.79 Å². The highest BCUT2D eigenvalue weighted by molar-refractivity contribution is 6.30. The maximum atomic E-state index is 12.0. The SMILES string of the molecule is CC(=O)N1N=C(COc2cccc3ccccc23)OC1c1ccc(Cl)cc1. The van der Waals surface area contributed by atoms with Crippen molar-refractivity contribution in [3.05, 3.63) is 77.3 Å². The second-order valence-corrected chi connectivity index (χ2v) is 6.58. The molecule has 136 valence electrons. The van der Waals surface area contributed by atoms with Gasteiger partial charge in [-0.05, 0) is 23.6 Å². The van der Waals surface area contributed by atoms with E-state index >= 15 is 0 Å². The van der Waals surface area contributed by atoms with E-state index in [2.05, 4.69) is 5.10 Å². The van der Waals surface area contributed by atoms with Crippen LogP contribution in [0.3, 0.4) is 0 Å². The zero-order chi connectivity index (χ0) is 18.8. The van der Waals surface area contributed by atoms with Crippen molar-refractivity contribution in [1.82, 2.24) is 5.01 Å². The molecule has 4 rings (SSSR count). The molecule has 0 bridgehead atoms. The fourth-order valence-corrected chi connectivity index (χ4v) is 3.10. The van der Waals surface area contributed by atoms with Crippen LogP contribution in [0.5, 0.6) is 5.75 Å². The van der Waals surface area contributed by atoms with Crippen LogP contribution in [0, 0.1) is 0 Å². The number of nitrogens with zero attached hydrogens (tertiary/aromatic N) is 2. The topological polar surface area (TPSA) is 51.1 Å². The van der Waals surface area contributed by atoms with Gasteiger partial charge in [0.25, 0.3) is 0 Å². The fraction of sp³-hybridized carbons (Fsp3) is 0.143. The highest BCUT2D eigenvalue weighted by Crippen LogP contribution is 2.30. The van der Waals surface area contributed by atoms with Gasteiger partial charge >= 0.3 is 0 Å². The number of carbonyl (C=O) groups is 1. The molecule has 1 unspecified atom stereocenters. The van der Waals surface area contributed by atoms with E-state index in [1.54, 1.807) is 12.1 Å². The lowest BCUT2D eigenvalue weighted by Gasteiger charge is -2.19. The van der Waals surface area contributed by atoms with Crippen molar-refractivity contribution in [3.8, 4) is 5.75 Å². The molecule has 1 heterocycles. The van der Waals surface area contributed by atoms with Crippen LogP contribution >= 0.6 is 11.6 Å². The molecule has 0 saturated heterocycles. The minimum atomic E-state index is -0.620. The van der Waals surface area contributed by atoms with Crippen molar-refractivity contribution in [2.75, 3.05) is 6.61 Å². The summed E-state index contributed by atoms with van der Waals surface area (Å²) in [6.45, 7) is 1.58. The van der Waals surface area contributed by atoms with Crippen molar-refractivity contribution < 1.29 is 14.3 Å². The van der Waals surface area contributed by atoms with Crippen molar-refractivity contribution >= 4 is 34.2 Å². The average Bonchev–Trinajstić information content (AvgIpc) is 3.11. The number of amides is 1. The van der Waals surface area contributed by atoms with Gasteiger partial charge in [0.2, 0.25) is 18.0 Å². The molecule has 1 aliphatic heterocycles. The maximum absolute atomic E-state index is 12.0. The summed E-state index contributed by atoms with van der Waals surface area (Å²) in [5, 5.41) is 8.31. The Hall–Kier alpha value is -3.05. The van der Waals surface area contributed by atoms with Crippen molar-refractivity contribution in [3.63, 3.8) is 0 Å². The third-order valence-corrected chi connectivity index (χ3v) is 4.52. The molecule has 3 aromatic carbocycles. The quantitative estimate of drug-likeness (QED) is 0.655. The minimum absolute atomic E-state index is 0.127. The number of halogens is 1. The van der Waals surface area contributed by atoms with E-state index < -0.39 is 6.23 Å². The summed E-state index contributed by atoms with van der Waals surface area (Å²) in [6.07, 6.45) is -0.620. The number of hydrogen-bond acceptors (Lipinski definition) is 4. The average molecular weight is 381 g/mol. The molecule has 0 spiro atoms. The number of benzene rings is 3. The fourth-order valence-electron chi connectivity index (χ4n) is 2.97. The lowest BCUT2D eigenvalue weighted by atomic mass is 10.1. The summed E-state index contributed by atoms with van der Waals surface area (Å²) in [4.78, 5) is 12.0. The molecule has 6 heteroatoms. The van der Waals surface area contributed by atoms with E-state index in [1.807, 2.05) is 54.6 Å². The standard InChI is InChI=1S/C21H17ClN2O3/c1-14(25)24-21(16-9-11-17(22)12-10-16)27-20(23-24)13-26-19-8-4-6-15-5-2-3-7-18(15)19/h2-12,21H,13H2,1H3. The molecule has 3 aromatic rings. The van der Waals surface area contributed by atoms with Gasteiger partial charge < -0.3 is 9.47 Å². The van der Waals surface area contributed by atoms with Crippen LogP contribution in [0.25, 0.3) is 10.8 Å². The van der Waals surface area contributed by atoms with Gasteiger partial charge in [0, 0.05) is 22.9 Å². The Kier molecular flexibility index (Phi) is 4.69. The van der Waals surface area contributed by atoms with Crippen LogP contribution in [0.4, 0.5) is 0 Å². The first-order chi connectivity index (χ1) is 13.1. The van der Waals surface area contributed by atoms with Gasteiger partial charge in [-0.3, -0.25) is 4.79 Å². The highest BCUT2D eigenvalue weighted by Gasteiger charge is 2.32. The van der Waals surface area contributed by atoms with Crippen molar-refractivity contribution in [1.29, 1.82) is 0 Å². The summed E-state index contributed by atoms with van der Waals surface area (Å²) in [6, 6.07) is 21.0. The van der Waals surface area contributed by atoms with Gasteiger partial charge in [-0.1, -0.05) is 60.1 Å². The van der Waals surface area contributed by atoms with E-state index in [0.29, 0.717) is 10.9 Å². The van der Waals surface area contributed by atoms with Crippen LogP contribution in [-0.4, -0.2) is 23.4 Å². The van der Waals surface area contributed by atoms with Crippen molar-refractivity contribution in [2.45, 2.75) is 13.2 Å². The number of rotatable bonds is 4. The molecule has 0 N–H and O–H groups in total. The first-order valence-corrected chi connectivity index (χ1v) is 8.89. The second kappa shape index (κ2) is 7.29. The van der Waals surface area contributed by atoms with Gasteiger partial charge in [0.05, 0.1) is 0 Å². The number of ether oxygens (including phenoxy) is 2. The minimum Gasteiger partial charge on any atom is -0.483 e. The molecule has 5 nitrogen and oxygen atoms in total. The van der Waals surface area contributed by atoms with Crippen LogP contribution in [0.1, 0.15) is 18.7 Å². The molecule has 0 saturated carbocycles. The molecule has 0 aromatic heterocycles.